The lowest BCUT2D eigenvalue weighted by Gasteiger charge is -2.15. The van der Waals surface area contributed by atoms with Crippen molar-refractivity contribution in [3.05, 3.63) is 0 Å². The van der Waals surface area contributed by atoms with Crippen LogP contribution in [-0.2, 0) is 4.79 Å². The van der Waals surface area contributed by atoms with Crippen LogP contribution in [0, 0.1) is 0 Å². The smallest absolute Gasteiger partial charge is 0.237 e. The van der Waals surface area contributed by atoms with Crippen LogP contribution in [0.25, 0.3) is 0 Å². The lowest BCUT2D eigenvalue weighted by molar-refractivity contribution is -0.120. The second kappa shape index (κ2) is 1.70. The summed E-state index contributed by atoms with van der Waals surface area (Å²) < 4.78 is 0. The SMILES string of the molecule is CC1(C)C[C@H](N)C(=O)N1. The minimum atomic E-state index is -0.292. The van der Waals surface area contributed by atoms with Crippen LogP contribution in [0.3, 0.4) is 0 Å². The Hall–Kier alpha value is -0.570. The van der Waals surface area contributed by atoms with Crippen LogP contribution in [0.15, 0.2) is 0 Å². The highest BCUT2D eigenvalue weighted by molar-refractivity contribution is 5.84. The fourth-order valence-electron chi connectivity index (χ4n) is 1.12. The Morgan fingerprint density at radius 3 is 2.44 bits per heavy atom. The molecule has 1 rings (SSSR count). The van der Waals surface area contributed by atoms with E-state index in [-0.39, 0.29) is 17.5 Å². The fourth-order valence-corrected chi connectivity index (χ4v) is 1.12. The highest BCUT2D eigenvalue weighted by atomic mass is 16.2. The number of hydrogen-bond donors (Lipinski definition) is 2. The van der Waals surface area contributed by atoms with Gasteiger partial charge >= 0.3 is 0 Å². The quantitative estimate of drug-likeness (QED) is 0.467. The number of carbonyl (C=O) groups is 1. The molecule has 0 spiro atoms. The van der Waals surface area contributed by atoms with Gasteiger partial charge in [-0.1, -0.05) is 0 Å². The molecule has 3 heteroatoms. The van der Waals surface area contributed by atoms with Gasteiger partial charge in [0.25, 0.3) is 0 Å². The van der Waals surface area contributed by atoms with E-state index in [9.17, 15) is 4.79 Å². The molecule has 0 unspecified atom stereocenters. The van der Waals surface area contributed by atoms with Gasteiger partial charge in [-0.15, -0.1) is 0 Å². The lowest BCUT2D eigenvalue weighted by atomic mass is 10.0. The van der Waals surface area contributed by atoms with Gasteiger partial charge < -0.3 is 11.1 Å². The first-order valence-corrected chi connectivity index (χ1v) is 3.09. The molecule has 1 heterocycles. The molecule has 0 aromatic carbocycles. The third-order valence-electron chi connectivity index (χ3n) is 1.53. The maximum atomic E-state index is 10.8. The monoisotopic (exact) mass is 128 g/mol. The van der Waals surface area contributed by atoms with Crippen LogP contribution in [0.2, 0.25) is 0 Å². The summed E-state index contributed by atoms with van der Waals surface area (Å²) in [5.41, 5.74) is 5.36. The largest absolute Gasteiger partial charge is 0.350 e. The summed E-state index contributed by atoms with van der Waals surface area (Å²) in [6.07, 6.45) is 0.742. The first-order valence-electron chi connectivity index (χ1n) is 3.09. The van der Waals surface area contributed by atoms with Gasteiger partial charge in [-0.05, 0) is 20.3 Å². The van der Waals surface area contributed by atoms with Gasteiger partial charge in [0.15, 0.2) is 0 Å². The molecule has 1 aliphatic rings. The van der Waals surface area contributed by atoms with Gasteiger partial charge in [-0.2, -0.15) is 0 Å². The second-order valence-corrected chi connectivity index (χ2v) is 3.18. The van der Waals surface area contributed by atoms with E-state index in [2.05, 4.69) is 5.32 Å². The van der Waals surface area contributed by atoms with Crippen molar-refractivity contribution in [1.82, 2.24) is 5.32 Å². The zero-order valence-electron chi connectivity index (χ0n) is 5.77. The lowest BCUT2D eigenvalue weighted by Crippen LogP contribution is -2.35. The summed E-state index contributed by atoms with van der Waals surface area (Å²) in [5.74, 6) is -0.0278. The van der Waals surface area contributed by atoms with E-state index in [1.165, 1.54) is 0 Å². The Bertz CT molecular complexity index is 142. The number of hydrogen-bond acceptors (Lipinski definition) is 2. The van der Waals surface area contributed by atoms with Crippen LogP contribution in [0.1, 0.15) is 20.3 Å². The van der Waals surface area contributed by atoms with E-state index >= 15 is 0 Å². The van der Waals surface area contributed by atoms with Crippen LogP contribution >= 0.6 is 0 Å². The molecule has 0 aliphatic carbocycles. The molecule has 1 aliphatic heterocycles. The molecule has 1 fully saturated rings. The summed E-state index contributed by atoms with van der Waals surface area (Å²) in [5, 5.41) is 2.78. The van der Waals surface area contributed by atoms with Crippen molar-refractivity contribution < 1.29 is 4.79 Å². The van der Waals surface area contributed by atoms with Gasteiger partial charge in [0, 0.05) is 5.54 Å². The van der Waals surface area contributed by atoms with Gasteiger partial charge in [0.2, 0.25) is 5.91 Å². The summed E-state index contributed by atoms with van der Waals surface area (Å²) in [6, 6.07) is -0.292. The molecule has 0 saturated carbocycles. The van der Waals surface area contributed by atoms with Crippen LogP contribution < -0.4 is 11.1 Å². The third-order valence-corrected chi connectivity index (χ3v) is 1.53. The highest BCUT2D eigenvalue weighted by Crippen LogP contribution is 2.16. The van der Waals surface area contributed by atoms with Crippen LogP contribution in [0.5, 0.6) is 0 Å². The van der Waals surface area contributed by atoms with E-state index in [0.717, 1.165) is 6.42 Å². The number of nitrogens with two attached hydrogens (primary N) is 1. The maximum Gasteiger partial charge on any atom is 0.237 e. The molecule has 1 saturated heterocycles. The topological polar surface area (TPSA) is 55.1 Å². The zero-order chi connectivity index (χ0) is 7.07. The average Bonchev–Trinajstić information content (AvgIpc) is 1.79. The first-order chi connectivity index (χ1) is 4.01. The first kappa shape index (κ1) is 6.55. The van der Waals surface area contributed by atoms with Gasteiger partial charge in [0.05, 0.1) is 6.04 Å². The molecule has 3 nitrogen and oxygen atoms in total. The van der Waals surface area contributed by atoms with Crippen molar-refractivity contribution in [1.29, 1.82) is 0 Å². The third kappa shape index (κ3) is 1.21. The molecule has 0 aromatic rings. The van der Waals surface area contributed by atoms with Crippen molar-refractivity contribution in [2.45, 2.75) is 31.8 Å². The molecule has 1 atom stereocenters. The molecular weight excluding hydrogens is 116 g/mol. The van der Waals surface area contributed by atoms with Crippen molar-refractivity contribution in [2.24, 2.45) is 5.73 Å². The predicted octanol–water partition coefficient (Wildman–Crippen LogP) is -0.388. The Morgan fingerprint density at radius 1 is 1.78 bits per heavy atom. The summed E-state index contributed by atoms with van der Waals surface area (Å²) in [4.78, 5) is 10.8. The average molecular weight is 128 g/mol. The van der Waals surface area contributed by atoms with E-state index in [4.69, 9.17) is 5.73 Å². The normalized spacial score (nSPS) is 32.3. The molecule has 3 N–H and O–H groups in total. The van der Waals surface area contributed by atoms with Crippen molar-refractivity contribution in [3.63, 3.8) is 0 Å². The van der Waals surface area contributed by atoms with E-state index in [1.807, 2.05) is 13.8 Å². The zero-order valence-corrected chi connectivity index (χ0v) is 5.77. The number of rotatable bonds is 0. The number of carbonyl (C=O) groups excluding carboxylic acids is 1. The van der Waals surface area contributed by atoms with Crippen molar-refractivity contribution >= 4 is 5.91 Å². The Morgan fingerprint density at radius 2 is 2.33 bits per heavy atom. The highest BCUT2D eigenvalue weighted by Gasteiger charge is 2.34. The van der Waals surface area contributed by atoms with Gasteiger partial charge in [-0.3, -0.25) is 4.79 Å². The minimum absolute atomic E-state index is 0.0278. The maximum absolute atomic E-state index is 10.8. The van der Waals surface area contributed by atoms with Gasteiger partial charge in [0.1, 0.15) is 0 Å². The molecule has 0 bridgehead atoms. The summed E-state index contributed by atoms with van der Waals surface area (Å²) in [7, 11) is 0. The summed E-state index contributed by atoms with van der Waals surface area (Å²) >= 11 is 0. The van der Waals surface area contributed by atoms with E-state index < -0.39 is 0 Å². The second-order valence-electron chi connectivity index (χ2n) is 3.18. The summed E-state index contributed by atoms with van der Waals surface area (Å²) in [6.45, 7) is 3.94. The van der Waals surface area contributed by atoms with E-state index in [1.54, 1.807) is 0 Å². The predicted molar refractivity (Wildman–Crippen MR) is 34.8 cm³/mol. The van der Waals surface area contributed by atoms with Crippen LogP contribution in [0.4, 0.5) is 0 Å². The Balaban J connectivity index is 2.65. The Kier molecular flexibility index (Phi) is 1.24. The molecular formula is C6H12N2O. The molecule has 1 amide bonds. The number of nitrogens with one attached hydrogen (secondary N) is 1. The molecule has 0 aromatic heterocycles. The van der Waals surface area contributed by atoms with Crippen molar-refractivity contribution in [2.75, 3.05) is 0 Å². The molecule has 0 radical (unpaired) electrons. The number of amides is 1. The van der Waals surface area contributed by atoms with Crippen molar-refractivity contribution in [3.8, 4) is 0 Å². The molecule has 52 valence electrons. The standard InChI is InChI=1S/C6H12N2O/c1-6(2)3-4(7)5(9)8-6/h4H,3,7H2,1-2H3,(H,8,9)/t4-/m0/s1. The van der Waals surface area contributed by atoms with Crippen LogP contribution in [-0.4, -0.2) is 17.5 Å². The Labute approximate surface area is 54.6 Å². The van der Waals surface area contributed by atoms with Gasteiger partial charge in [-0.25, -0.2) is 0 Å². The fraction of sp³-hybridized carbons (Fsp3) is 0.833. The van der Waals surface area contributed by atoms with E-state index in [0.29, 0.717) is 0 Å². The minimum Gasteiger partial charge on any atom is -0.350 e. The molecule has 9 heavy (non-hydrogen) atoms.